The molecule has 0 bridgehead atoms. The molecule has 21 heavy (non-hydrogen) atoms. The third-order valence-electron chi connectivity index (χ3n) is 3.41. The lowest BCUT2D eigenvalue weighted by atomic mass is 10.3. The van der Waals surface area contributed by atoms with Gasteiger partial charge in [0.05, 0.1) is 6.54 Å². The van der Waals surface area contributed by atoms with Crippen molar-refractivity contribution >= 4 is 16.7 Å². The van der Waals surface area contributed by atoms with E-state index in [1.165, 1.54) is 17.6 Å². The number of aryl methyl sites for hydroxylation is 1. The first-order valence-electron chi connectivity index (χ1n) is 6.70. The summed E-state index contributed by atoms with van der Waals surface area (Å²) in [6.45, 7) is 5.93. The Bertz CT molecular complexity index is 676. The Morgan fingerprint density at radius 3 is 2.76 bits per heavy atom. The van der Waals surface area contributed by atoms with E-state index >= 15 is 0 Å². The topological polar surface area (TPSA) is 82.7 Å². The molecule has 0 radical (unpaired) electrons. The van der Waals surface area contributed by atoms with Crippen molar-refractivity contribution in [1.82, 2.24) is 14.3 Å². The SMILES string of the molecule is Cc1nsc(N2CCN(Cc3cc(=O)c(O)co3)CC2)n1. The first-order valence-corrected chi connectivity index (χ1v) is 7.47. The fourth-order valence-corrected chi connectivity index (χ4v) is 2.98. The fraction of sp³-hybridized carbons (Fsp3) is 0.462. The number of rotatable bonds is 3. The molecule has 112 valence electrons. The number of anilines is 1. The summed E-state index contributed by atoms with van der Waals surface area (Å²) in [4.78, 5) is 20.2. The molecule has 0 atom stereocenters. The predicted octanol–water partition coefficient (Wildman–Crippen LogP) is 0.828. The van der Waals surface area contributed by atoms with Crippen LogP contribution in [0.1, 0.15) is 11.6 Å². The molecule has 1 fully saturated rings. The maximum Gasteiger partial charge on any atom is 0.226 e. The third-order valence-corrected chi connectivity index (χ3v) is 4.27. The Hall–Kier alpha value is -1.93. The zero-order valence-corrected chi connectivity index (χ0v) is 12.5. The third kappa shape index (κ3) is 3.22. The summed E-state index contributed by atoms with van der Waals surface area (Å²) in [5.41, 5.74) is -0.403. The molecule has 7 nitrogen and oxygen atoms in total. The monoisotopic (exact) mass is 308 g/mol. The van der Waals surface area contributed by atoms with E-state index in [1.54, 1.807) is 0 Å². The summed E-state index contributed by atoms with van der Waals surface area (Å²) in [5, 5.41) is 10.1. The van der Waals surface area contributed by atoms with Gasteiger partial charge in [-0.15, -0.1) is 0 Å². The molecule has 8 heteroatoms. The Balaban J connectivity index is 1.58. The lowest BCUT2D eigenvalue weighted by molar-refractivity contribution is 0.227. The van der Waals surface area contributed by atoms with Crippen LogP contribution in [0.3, 0.4) is 0 Å². The van der Waals surface area contributed by atoms with Gasteiger partial charge < -0.3 is 14.4 Å². The molecule has 2 aromatic heterocycles. The highest BCUT2D eigenvalue weighted by Crippen LogP contribution is 2.19. The van der Waals surface area contributed by atoms with Crippen molar-refractivity contribution in [3.8, 4) is 5.75 Å². The van der Waals surface area contributed by atoms with Crippen LogP contribution in [-0.2, 0) is 6.54 Å². The predicted molar refractivity (Wildman–Crippen MR) is 78.8 cm³/mol. The lowest BCUT2D eigenvalue weighted by Gasteiger charge is -2.33. The standard InChI is InChI=1S/C13H16N4O3S/c1-9-14-13(21-15-9)17-4-2-16(3-5-17)7-10-6-11(18)12(19)8-20-10/h6,8,19H,2-5,7H2,1H3. The minimum Gasteiger partial charge on any atom is -0.502 e. The van der Waals surface area contributed by atoms with Crippen LogP contribution in [0, 0.1) is 6.92 Å². The zero-order chi connectivity index (χ0) is 14.8. The average Bonchev–Trinajstić information content (AvgIpc) is 2.90. The summed E-state index contributed by atoms with van der Waals surface area (Å²) < 4.78 is 9.43. The summed E-state index contributed by atoms with van der Waals surface area (Å²) in [7, 11) is 0. The number of aromatic nitrogens is 2. The lowest BCUT2D eigenvalue weighted by Crippen LogP contribution is -2.46. The summed E-state index contributed by atoms with van der Waals surface area (Å²) in [6.07, 6.45) is 1.10. The van der Waals surface area contributed by atoms with Crippen molar-refractivity contribution in [3.05, 3.63) is 34.1 Å². The van der Waals surface area contributed by atoms with Crippen LogP contribution in [0.5, 0.6) is 5.75 Å². The molecule has 3 rings (SSSR count). The highest BCUT2D eigenvalue weighted by atomic mass is 32.1. The van der Waals surface area contributed by atoms with Crippen LogP contribution in [0.4, 0.5) is 5.13 Å². The molecular formula is C13H16N4O3S. The first-order chi connectivity index (χ1) is 10.1. The van der Waals surface area contributed by atoms with Gasteiger partial charge in [-0.25, -0.2) is 4.98 Å². The van der Waals surface area contributed by atoms with Crippen molar-refractivity contribution in [2.24, 2.45) is 0 Å². The smallest absolute Gasteiger partial charge is 0.226 e. The van der Waals surface area contributed by atoms with E-state index in [2.05, 4.69) is 19.2 Å². The van der Waals surface area contributed by atoms with Crippen molar-refractivity contribution in [2.75, 3.05) is 31.1 Å². The molecule has 0 aromatic carbocycles. The molecular weight excluding hydrogens is 292 g/mol. The Kier molecular flexibility index (Phi) is 3.89. The van der Waals surface area contributed by atoms with E-state index in [0.717, 1.165) is 43.4 Å². The van der Waals surface area contributed by atoms with Crippen LogP contribution in [0.2, 0.25) is 0 Å². The van der Waals surface area contributed by atoms with Gasteiger partial charge in [0.25, 0.3) is 0 Å². The highest BCUT2D eigenvalue weighted by Gasteiger charge is 2.20. The van der Waals surface area contributed by atoms with Crippen molar-refractivity contribution < 1.29 is 9.52 Å². The minimum atomic E-state index is -0.403. The van der Waals surface area contributed by atoms with E-state index in [4.69, 9.17) is 4.42 Å². The number of aromatic hydroxyl groups is 1. The van der Waals surface area contributed by atoms with Crippen LogP contribution >= 0.6 is 11.5 Å². The van der Waals surface area contributed by atoms with Gasteiger partial charge >= 0.3 is 0 Å². The molecule has 0 saturated carbocycles. The second-order valence-electron chi connectivity index (χ2n) is 4.98. The minimum absolute atomic E-state index is 0.352. The van der Waals surface area contributed by atoms with Gasteiger partial charge in [0.1, 0.15) is 17.8 Å². The van der Waals surface area contributed by atoms with Crippen molar-refractivity contribution in [2.45, 2.75) is 13.5 Å². The molecule has 2 aromatic rings. The number of piperazine rings is 1. The molecule has 1 aliphatic rings. The van der Waals surface area contributed by atoms with Crippen LogP contribution in [-0.4, -0.2) is 45.5 Å². The number of nitrogens with zero attached hydrogens (tertiary/aromatic N) is 4. The molecule has 0 unspecified atom stereocenters. The Labute approximate surface area is 125 Å². The molecule has 1 N–H and O–H groups in total. The van der Waals surface area contributed by atoms with Crippen LogP contribution < -0.4 is 10.3 Å². The maximum absolute atomic E-state index is 11.4. The highest BCUT2D eigenvalue weighted by molar-refractivity contribution is 7.09. The largest absolute Gasteiger partial charge is 0.502 e. The van der Waals surface area contributed by atoms with E-state index < -0.39 is 5.43 Å². The van der Waals surface area contributed by atoms with E-state index in [1.807, 2.05) is 6.92 Å². The summed E-state index contributed by atoms with van der Waals surface area (Å²) >= 11 is 1.42. The van der Waals surface area contributed by atoms with Crippen molar-refractivity contribution in [3.63, 3.8) is 0 Å². The second kappa shape index (κ2) is 5.82. The molecule has 1 saturated heterocycles. The van der Waals surface area contributed by atoms with Gasteiger partial charge in [-0.05, 0) is 6.92 Å². The number of hydrogen-bond acceptors (Lipinski definition) is 8. The van der Waals surface area contributed by atoms with E-state index in [0.29, 0.717) is 12.3 Å². The van der Waals surface area contributed by atoms with Crippen LogP contribution in [0.25, 0.3) is 0 Å². The Morgan fingerprint density at radius 1 is 1.38 bits per heavy atom. The van der Waals surface area contributed by atoms with Gasteiger partial charge in [0.2, 0.25) is 10.6 Å². The normalized spacial score (nSPS) is 16.3. The Morgan fingerprint density at radius 2 is 2.14 bits per heavy atom. The molecule has 0 spiro atoms. The van der Waals surface area contributed by atoms with Gasteiger partial charge in [-0.3, -0.25) is 9.69 Å². The van der Waals surface area contributed by atoms with Crippen molar-refractivity contribution in [1.29, 1.82) is 0 Å². The average molecular weight is 308 g/mol. The molecule has 0 amide bonds. The van der Waals surface area contributed by atoms with Crippen LogP contribution in [0.15, 0.2) is 21.5 Å². The zero-order valence-electron chi connectivity index (χ0n) is 11.7. The molecule has 0 aliphatic carbocycles. The van der Waals surface area contributed by atoms with Gasteiger partial charge in [-0.1, -0.05) is 0 Å². The van der Waals surface area contributed by atoms with E-state index in [-0.39, 0.29) is 5.75 Å². The van der Waals surface area contributed by atoms with Gasteiger partial charge in [0, 0.05) is 43.8 Å². The molecule has 3 heterocycles. The second-order valence-corrected chi connectivity index (χ2v) is 5.71. The molecule has 1 aliphatic heterocycles. The van der Waals surface area contributed by atoms with Gasteiger partial charge in [-0.2, -0.15) is 4.37 Å². The van der Waals surface area contributed by atoms with E-state index in [9.17, 15) is 9.90 Å². The quantitative estimate of drug-likeness (QED) is 0.899. The summed E-state index contributed by atoms with van der Waals surface area (Å²) in [6, 6.07) is 1.34. The fourth-order valence-electron chi connectivity index (χ4n) is 2.26. The first kappa shape index (κ1) is 14.0. The maximum atomic E-state index is 11.4. The van der Waals surface area contributed by atoms with Gasteiger partial charge in [0.15, 0.2) is 5.75 Å². The summed E-state index contributed by atoms with van der Waals surface area (Å²) in [5.74, 6) is 1.02. The number of hydrogen-bond donors (Lipinski definition) is 1.